The zero-order valence-corrected chi connectivity index (χ0v) is 21.4. The maximum absolute atomic E-state index is 13.0. The van der Waals surface area contributed by atoms with Crippen LogP contribution in [-0.4, -0.2) is 35.7 Å². The molecule has 35 heavy (non-hydrogen) atoms. The highest BCUT2D eigenvalue weighted by atomic mass is 79.9. The Morgan fingerprint density at radius 2 is 1.60 bits per heavy atom. The van der Waals surface area contributed by atoms with Crippen LogP contribution in [0, 0.1) is 0 Å². The molecule has 2 unspecified atom stereocenters. The van der Waals surface area contributed by atoms with Gasteiger partial charge in [-0.3, -0.25) is 14.9 Å². The van der Waals surface area contributed by atoms with Crippen LogP contribution in [-0.2, 0) is 11.2 Å². The Labute approximate surface area is 218 Å². The number of ether oxygens (including phenoxy) is 1. The molecule has 4 rings (SSSR count). The maximum atomic E-state index is 13.0. The Bertz CT molecular complexity index is 1190. The van der Waals surface area contributed by atoms with E-state index in [0.717, 1.165) is 23.7 Å². The lowest BCUT2D eigenvalue weighted by Gasteiger charge is -2.17. The Balaban J connectivity index is 1.32. The SMILES string of the molecule is O=C(NC(=S)Nc1cc(Br)ccc1C(=O)NCC1CCC(Cc2ccccc2)O1)c1ccccc1. The van der Waals surface area contributed by atoms with Gasteiger partial charge in [0.05, 0.1) is 23.5 Å². The summed E-state index contributed by atoms with van der Waals surface area (Å²) in [5.74, 6) is -0.570. The molecule has 8 heteroatoms. The summed E-state index contributed by atoms with van der Waals surface area (Å²) in [6.07, 6.45) is 2.88. The molecule has 0 saturated carbocycles. The van der Waals surface area contributed by atoms with Gasteiger partial charge in [0.2, 0.25) is 0 Å². The zero-order valence-electron chi connectivity index (χ0n) is 19.0. The third kappa shape index (κ3) is 7.21. The first-order valence-electron chi connectivity index (χ1n) is 11.4. The van der Waals surface area contributed by atoms with Gasteiger partial charge in [-0.15, -0.1) is 0 Å². The monoisotopic (exact) mass is 551 g/mol. The first-order chi connectivity index (χ1) is 17.0. The van der Waals surface area contributed by atoms with E-state index in [1.807, 2.05) is 24.3 Å². The predicted molar refractivity (Wildman–Crippen MR) is 145 cm³/mol. The minimum Gasteiger partial charge on any atom is -0.373 e. The second kappa shape index (κ2) is 12.1. The van der Waals surface area contributed by atoms with E-state index < -0.39 is 0 Å². The second-order valence-electron chi connectivity index (χ2n) is 8.32. The van der Waals surface area contributed by atoms with Crippen molar-refractivity contribution in [3.63, 3.8) is 0 Å². The summed E-state index contributed by atoms with van der Waals surface area (Å²) in [6, 6.07) is 24.3. The van der Waals surface area contributed by atoms with E-state index in [1.54, 1.807) is 42.5 Å². The average Bonchev–Trinajstić information content (AvgIpc) is 3.31. The summed E-state index contributed by atoms with van der Waals surface area (Å²) in [4.78, 5) is 25.4. The number of amides is 2. The van der Waals surface area contributed by atoms with Gasteiger partial charge in [-0.1, -0.05) is 64.5 Å². The number of benzene rings is 3. The molecular weight excluding hydrogens is 526 g/mol. The maximum Gasteiger partial charge on any atom is 0.257 e. The summed E-state index contributed by atoms with van der Waals surface area (Å²) < 4.78 is 6.92. The lowest BCUT2D eigenvalue weighted by molar-refractivity contribution is 0.0445. The summed E-state index contributed by atoms with van der Waals surface area (Å²) in [5, 5.41) is 8.70. The highest BCUT2D eigenvalue weighted by Gasteiger charge is 2.26. The molecule has 3 N–H and O–H groups in total. The molecule has 1 aliphatic heterocycles. The molecule has 2 atom stereocenters. The number of hydrogen-bond donors (Lipinski definition) is 3. The van der Waals surface area contributed by atoms with Crippen molar-refractivity contribution in [2.45, 2.75) is 31.5 Å². The van der Waals surface area contributed by atoms with Crippen LogP contribution < -0.4 is 16.0 Å². The first kappa shape index (κ1) is 25.0. The van der Waals surface area contributed by atoms with Crippen LogP contribution in [0.4, 0.5) is 5.69 Å². The highest BCUT2D eigenvalue weighted by molar-refractivity contribution is 9.10. The van der Waals surface area contributed by atoms with Crippen molar-refractivity contribution in [1.82, 2.24) is 10.6 Å². The van der Waals surface area contributed by atoms with Crippen molar-refractivity contribution in [2.75, 3.05) is 11.9 Å². The van der Waals surface area contributed by atoms with Crippen molar-refractivity contribution in [2.24, 2.45) is 0 Å². The number of carbonyl (C=O) groups excluding carboxylic acids is 2. The molecule has 0 aliphatic carbocycles. The van der Waals surface area contributed by atoms with E-state index in [2.05, 4.69) is 44.0 Å². The fraction of sp³-hybridized carbons (Fsp3) is 0.222. The third-order valence-electron chi connectivity index (χ3n) is 5.73. The quantitative estimate of drug-likeness (QED) is 0.356. The number of halogens is 1. The predicted octanol–water partition coefficient (Wildman–Crippen LogP) is 5.10. The van der Waals surface area contributed by atoms with Crippen molar-refractivity contribution in [3.05, 3.63) is 100 Å². The third-order valence-corrected chi connectivity index (χ3v) is 6.43. The van der Waals surface area contributed by atoms with Crippen LogP contribution >= 0.6 is 28.1 Å². The van der Waals surface area contributed by atoms with Gasteiger partial charge in [0.25, 0.3) is 11.8 Å². The number of hydrogen-bond acceptors (Lipinski definition) is 4. The van der Waals surface area contributed by atoms with E-state index in [1.165, 1.54) is 5.56 Å². The Morgan fingerprint density at radius 1 is 0.914 bits per heavy atom. The number of anilines is 1. The molecule has 6 nitrogen and oxygen atoms in total. The minimum atomic E-state index is -0.326. The Kier molecular flexibility index (Phi) is 8.63. The molecule has 0 radical (unpaired) electrons. The average molecular weight is 552 g/mol. The first-order valence-corrected chi connectivity index (χ1v) is 12.6. The van der Waals surface area contributed by atoms with Crippen molar-refractivity contribution < 1.29 is 14.3 Å². The van der Waals surface area contributed by atoms with Crippen LogP contribution in [0.5, 0.6) is 0 Å². The molecular formula is C27H26BrN3O3S. The fourth-order valence-corrected chi connectivity index (χ4v) is 4.56. The van der Waals surface area contributed by atoms with E-state index >= 15 is 0 Å². The number of nitrogens with one attached hydrogen (secondary N) is 3. The van der Waals surface area contributed by atoms with Gasteiger partial charge >= 0.3 is 0 Å². The topological polar surface area (TPSA) is 79.5 Å². The Hall–Kier alpha value is -3.07. The Morgan fingerprint density at radius 3 is 2.34 bits per heavy atom. The van der Waals surface area contributed by atoms with E-state index in [-0.39, 0.29) is 29.1 Å². The molecule has 2 amide bonds. The van der Waals surface area contributed by atoms with E-state index in [9.17, 15) is 9.59 Å². The van der Waals surface area contributed by atoms with Crippen molar-refractivity contribution >= 4 is 50.8 Å². The normalized spacial score (nSPS) is 16.9. The number of rotatable bonds is 7. The van der Waals surface area contributed by atoms with Gasteiger partial charge in [-0.25, -0.2) is 0 Å². The van der Waals surface area contributed by atoms with Crippen LogP contribution in [0.15, 0.2) is 83.3 Å². The summed E-state index contributed by atoms with van der Waals surface area (Å²) in [7, 11) is 0. The lowest BCUT2D eigenvalue weighted by atomic mass is 10.1. The molecule has 1 fully saturated rings. The van der Waals surface area contributed by atoms with Crippen molar-refractivity contribution in [3.8, 4) is 0 Å². The lowest BCUT2D eigenvalue weighted by Crippen LogP contribution is -2.36. The summed E-state index contributed by atoms with van der Waals surface area (Å²) in [6.45, 7) is 0.425. The van der Waals surface area contributed by atoms with Gasteiger partial charge in [0.1, 0.15) is 0 Å². The van der Waals surface area contributed by atoms with Gasteiger partial charge in [-0.05, 0) is 67.4 Å². The molecule has 180 valence electrons. The van der Waals surface area contributed by atoms with Crippen molar-refractivity contribution in [1.29, 1.82) is 0 Å². The van der Waals surface area contributed by atoms with Crippen LogP contribution in [0.1, 0.15) is 39.1 Å². The van der Waals surface area contributed by atoms with Gasteiger partial charge < -0.3 is 15.4 Å². The zero-order chi connectivity index (χ0) is 24.6. The van der Waals surface area contributed by atoms with Crippen LogP contribution in [0.2, 0.25) is 0 Å². The molecule has 1 saturated heterocycles. The number of thiocarbonyl (C=S) groups is 1. The van der Waals surface area contributed by atoms with Crippen LogP contribution in [0.25, 0.3) is 0 Å². The molecule has 3 aromatic carbocycles. The second-order valence-corrected chi connectivity index (χ2v) is 9.65. The largest absolute Gasteiger partial charge is 0.373 e. The summed E-state index contributed by atoms with van der Waals surface area (Å²) in [5.41, 5.74) is 2.65. The standard InChI is InChI=1S/C27H26BrN3O3S/c28-20-11-14-23(24(16-20)30-27(35)31-25(32)19-9-5-2-6-10-19)26(33)29-17-22-13-12-21(34-22)15-18-7-3-1-4-8-18/h1-11,14,16,21-22H,12-13,15,17H2,(H,29,33)(H2,30,31,32,35). The molecule has 1 aliphatic rings. The fourth-order valence-electron chi connectivity index (χ4n) is 4.00. The highest BCUT2D eigenvalue weighted by Crippen LogP contribution is 2.24. The minimum absolute atomic E-state index is 0.0224. The molecule has 3 aromatic rings. The summed E-state index contributed by atoms with van der Waals surface area (Å²) >= 11 is 8.74. The van der Waals surface area contributed by atoms with E-state index in [0.29, 0.717) is 23.4 Å². The van der Waals surface area contributed by atoms with Gasteiger partial charge in [0.15, 0.2) is 5.11 Å². The van der Waals surface area contributed by atoms with E-state index in [4.69, 9.17) is 17.0 Å². The molecule has 0 aromatic heterocycles. The number of carbonyl (C=O) groups is 2. The molecule has 0 bridgehead atoms. The van der Waals surface area contributed by atoms with Gasteiger partial charge in [-0.2, -0.15) is 0 Å². The van der Waals surface area contributed by atoms with Gasteiger partial charge in [0, 0.05) is 16.6 Å². The van der Waals surface area contributed by atoms with Crippen LogP contribution in [0.3, 0.4) is 0 Å². The smallest absolute Gasteiger partial charge is 0.257 e. The molecule has 0 spiro atoms. The molecule has 1 heterocycles.